The van der Waals surface area contributed by atoms with Gasteiger partial charge in [-0.05, 0) is 72.6 Å². The molecule has 0 N–H and O–H groups in total. The summed E-state index contributed by atoms with van der Waals surface area (Å²) in [5, 5.41) is 0. The Labute approximate surface area is 181 Å². The van der Waals surface area contributed by atoms with Crippen LogP contribution in [0.3, 0.4) is 0 Å². The van der Waals surface area contributed by atoms with Gasteiger partial charge < -0.3 is 4.90 Å². The van der Waals surface area contributed by atoms with Crippen LogP contribution < -0.4 is 4.90 Å². The highest BCUT2D eigenvalue weighted by Gasteiger charge is 2.23. The molecule has 162 valence electrons. The van der Waals surface area contributed by atoms with Gasteiger partial charge >= 0.3 is 0 Å². The van der Waals surface area contributed by atoms with Crippen LogP contribution in [-0.4, -0.2) is 18.1 Å². The number of aromatic nitrogens is 1. The van der Waals surface area contributed by atoms with Gasteiger partial charge in [-0.25, -0.2) is 13.2 Å². The van der Waals surface area contributed by atoms with Crippen molar-refractivity contribution in [1.82, 2.24) is 4.98 Å². The van der Waals surface area contributed by atoms with E-state index in [1.165, 1.54) is 24.2 Å². The van der Waals surface area contributed by atoms with Gasteiger partial charge in [0.15, 0.2) is 0 Å². The van der Waals surface area contributed by atoms with Crippen LogP contribution in [0.2, 0.25) is 0 Å². The summed E-state index contributed by atoms with van der Waals surface area (Å²) in [7, 11) is 0. The number of hydrogen-bond acceptors (Lipinski definition) is 2. The molecule has 1 saturated heterocycles. The summed E-state index contributed by atoms with van der Waals surface area (Å²) >= 11 is 0. The summed E-state index contributed by atoms with van der Waals surface area (Å²) < 4.78 is 42.8. The van der Waals surface area contributed by atoms with E-state index in [1.807, 2.05) is 12.4 Å². The van der Waals surface area contributed by atoms with Crippen LogP contribution >= 0.6 is 0 Å². The Morgan fingerprint density at radius 2 is 1.61 bits per heavy atom. The van der Waals surface area contributed by atoms with Gasteiger partial charge in [0, 0.05) is 36.7 Å². The first-order chi connectivity index (χ1) is 14.9. The van der Waals surface area contributed by atoms with E-state index in [0.29, 0.717) is 24.7 Å². The summed E-state index contributed by atoms with van der Waals surface area (Å²) in [4.78, 5) is 6.74. The fourth-order valence-corrected chi connectivity index (χ4v) is 4.73. The predicted molar refractivity (Wildman–Crippen MR) is 119 cm³/mol. The average molecular weight is 425 g/mol. The zero-order valence-electron chi connectivity index (χ0n) is 17.9. The summed E-state index contributed by atoms with van der Waals surface area (Å²) in [5.74, 6) is -0.885. The molecule has 2 heterocycles. The molecule has 0 unspecified atom stereocenters. The molecule has 0 amide bonds. The van der Waals surface area contributed by atoms with E-state index >= 15 is 0 Å². The summed E-state index contributed by atoms with van der Waals surface area (Å²) in [5.41, 5.74) is 2.79. The van der Waals surface area contributed by atoms with Gasteiger partial charge in [-0.15, -0.1) is 0 Å². The molecule has 1 aliphatic rings. The Balaban J connectivity index is 1.57. The van der Waals surface area contributed by atoms with Gasteiger partial charge in [-0.1, -0.05) is 26.0 Å². The van der Waals surface area contributed by atoms with Crippen LogP contribution in [0.15, 0.2) is 54.9 Å². The molecule has 0 aliphatic carbocycles. The minimum absolute atomic E-state index is 0.0433. The second-order valence-corrected chi connectivity index (χ2v) is 8.77. The molecule has 1 aliphatic heterocycles. The van der Waals surface area contributed by atoms with Gasteiger partial charge in [0.25, 0.3) is 0 Å². The zero-order valence-corrected chi connectivity index (χ0v) is 17.9. The van der Waals surface area contributed by atoms with E-state index < -0.39 is 17.5 Å². The van der Waals surface area contributed by atoms with Crippen LogP contribution in [0.1, 0.15) is 31.4 Å². The quantitative estimate of drug-likeness (QED) is 0.469. The van der Waals surface area contributed by atoms with Gasteiger partial charge in [0.2, 0.25) is 0 Å². The van der Waals surface area contributed by atoms with Crippen molar-refractivity contribution in [2.24, 2.45) is 11.8 Å². The lowest BCUT2D eigenvalue weighted by molar-refractivity contribution is 0.356. The van der Waals surface area contributed by atoms with Crippen LogP contribution in [0, 0.1) is 29.3 Å². The van der Waals surface area contributed by atoms with Crippen LogP contribution in [0.5, 0.6) is 0 Å². The molecule has 2 nitrogen and oxygen atoms in total. The smallest absolute Gasteiger partial charge is 0.134 e. The predicted octanol–water partition coefficient (Wildman–Crippen LogP) is 6.43. The number of piperidine rings is 1. The van der Waals surface area contributed by atoms with Crippen molar-refractivity contribution in [3.63, 3.8) is 0 Å². The molecule has 5 heteroatoms. The summed E-state index contributed by atoms with van der Waals surface area (Å²) in [6.07, 6.45) is 6.29. The highest BCUT2D eigenvalue weighted by atomic mass is 19.1. The SMILES string of the molecule is C[C@@H]1C[C@H](C)CN(c2ccncc2CCc2ccc(F)c(-c3c(F)cccc3F)c2)C1. The van der Waals surface area contributed by atoms with E-state index in [4.69, 9.17) is 0 Å². The standard InChI is InChI=1S/C26H27F3N2/c1-17-12-18(2)16-31(15-17)25-10-11-30-14-20(25)8-6-19-7-9-22(27)21(13-19)26-23(28)4-3-5-24(26)29/h3-5,7,9-11,13-14,17-18H,6,8,12,15-16H2,1-2H3/t17-,18+. The van der Waals surface area contributed by atoms with E-state index in [-0.39, 0.29) is 11.1 Å². The lowest BCUT2D eigenvalue weighted by atomic mass is 9.91. The number of halogens is 3. The molecule has 4 rings (SSSR count). The second-order valence-electron chi connectivity index (χ2n) is 8.77. The van der Waals surface area contributed by atoms with Crippen LogP contribution in [0.4, 0.5) is 18.9 Å². The highest BCUT2D eigenvalue weighted by molar-refractivity contribution is 5.66. The van der Waals surface area contributed by atoms with E-state index in [0.717, 1.165) is 36.3 Å². The van der Waals surface area contributed by atoms with Crippen molar-refractivity contribution in [3.05, 3.63) is 83.4 Å². The molecule has 3 aromatic rings. The monoisotopic (exact) mass is 424 g/mol. The van der Waals surface area contributed by atoms with Gasteiger partial charge in [-0.2, -0.15) is 0 Å². The van der Waals surface area contributed by atoms with Crippen molar-refractivity contribution < 1.29 is 13.2 Å². The number of benzene rings is 2. The molecular formula is C26H27F3N2. The largest absolute Gasteiger partial charge is 0.371 e. The minimum Gasteiger partial charge on any atom is -0.371 e. The topological polar surface area (TPSA) is 16.1 Å². The number of pyridine rings is 1. The molecule has 0 radical (unpaired) electrons. The van der Waals surface area contributed by atoms with Crippen molar-refractivity contribution in [2.45, 2.75) is 33.1 Å². The Bertz CT molecular complexity index is 1040. The average Bonchev–Trinajstić information content (AvgIpc) is 2.73. The third-order valence-electron chi connectivity index (χ3n) is 6.03. The second kappa shape index (κ2) is 9.13. The van der Waals surface area contributed by atoms with Crippen molar-refractivity contribution in [2.75, 3.05) is 18.0 Å². The number of rotatable bonds is 5. The van der Waals surface area contributed by atoms with E-state index in [9.17, 15) is 13.2 Å². The number of hydrogen-bond donors (Lipinski definition) is 0. The normalized spacial score (nSPS) is 18.9. The maximum absolute atomic E-state index is 14.4. The Morgan fingerprint density at radius 1 is 0.903 bits per heavy atom. The van der Waals surface area contributed by atoms with Crippen molar-refractivity contribution in [1.29, 1.82) is 0 Å². The number of nitrogens with zero attached hydrogens (tertiary/aromatic N) is 2. The maximum atomic E-state index is 14.4. The molecular weight excluding hydrogens is 397 g/mol. The van der Waals surface area contributed by atoms with Gasteiger partial charge in [0.1, 0.15) is 17.5 Å². The first kappa shape index (κ1) is 21.4. The highest BCUT2D eigenvalue weighted by Crippen LogP contribution is 2.31. The molecule has 31 heavy (non-hydrogen) atoms. The first-order valence-corrected chi connectivity index (χ1v) is 10.8. The lowest BCUT2D eigenvalue weighted by Crippen LogP contribution is -2.39. The van der Waals surface area contributed by atoms with Gasteiger partial charge in [-0.3, -0.25) is 4.98 Å². The van der Waals surface area contributed by atoms with Crippen molar-refractivity contribution >= 4 is 5.69 Å². The maximum Gasteiger partial charge on any atom is 0.134 e. The third-order valence-corrected chi connectivity index (χ3v) is 6.03. The first-order valence-electron chi connectivity index (χ1n) is 10.8. The van der Waals surface area contributed by atoms with Crippen LogP contribution in [0.25, 0.3) is 11.1 Å². The Hall–Kier alpha value is -2.82. The van der Waals surface area contributed by atoms with E-state index in [1.54, 1.807) is 12.1 Å². The molecule has 1 fully saturated rings. The molecule has 2 aromatic carbocycles. The fourth-order valence-electron chi connectivity index (χ4n) is 4.73. The van der Waals surface area contributed by atoms with Gasteiger partial charge in [0.05, 0.1) is 5.56 Å². The Morgan fingerprint density at radius 3 is 2.32 bits per heavy atom. The number of anilines is 1. The molecule has 1 aromatic heterocycles. The molecule has 0 bridgehead atoms. The molecule has 2 atom stereocenters. The zero-order chi connectivity index (χ0) is 22.0. The number of aryl methyl sites for hydroxylation is 2. The van der Waals surface area contributed by atoms with Crippen molar-refractivity contribution in [3.8, 4) is 11.1 Å². The van der Waals surface area contributed by atoms with Crippen LogP contribution in [-0.2, 0) is 12.8 Å². The minimum atomic E-state index is -0.765. The van der Waals surface area contributed by atoms with E-state index in [2.05, 4.69) is 29.8 Å². The molecule has 0 spiro atoms. The molecule has 0 saturated carbocycles. The third kappa shape index (κ3) is 4.76. The summed E-state index contributed by atoms with van der Waals surface area (Å²) in [6.45, 7) is 6.61. The fraction of sp³-hybridized carbons (Fsp3) is 0.346. The lowest BCUT2D eigenvalue weighted by Gasteiger charge is -2.37. The summed E-state index contributed by atoms with van der Waals surface area (Å²) in [6, 6.07) is 10.2. The Kier molecular flexibility index (Phi) is 6.30.